The third-order valence-electron chi connectivity index (χ3n) is 6.65. The molecule has 0 spiro atoms. The molecule has 1 amide bonds. The molecular weight excluding hydrogens is 382 g/mol. The van der Waals surface area contributed by atoms with Crippen molar-refractivity contribution >= 4 is 23.2 Å². The Hall–Kier alpha value is -2.42. The van der Waals surface area contributed by atoms with Gasteiger partial charge in [0, 0.05) is 6.04 Å². The van der Waals surface area contributed by atoms with Crippen LogP contribution in [0.5, 0.6) is 0 Å². The van der Waals surface area contributed by atoms with Gasteiger partial charge in [0.2, 0.25) is 0 Å². The summed E-state index contributed by atoms with van der Waals surface area (Å²) in [6, 6.07) is 0.267. The number of halogens is 1. The van der Waals surface area contributed by atoms with Crippen LogP contribution in [0.3, 0.4) is 0 Å². The first-order valence-electron chi connectivity index (χ1n) is 9.44. The summed E-state index contributed by atoms with van der Waals surface area (Å²) in [6.45, 7) is 6.70. The molecule has 5 rings (SSSR count). The molecule has 0 saturated heterocycles. The van der Waals surface area contributed by atoms with Gasteiger partial charge in [-0.2, -0.15) is 5.10 Å². The minimum absolute atomic E-state index is 0.0535. The van der Waals surface area contributed by atoms with Crippen molar-refractivity contribution in [3.63, 3.8) is 0 Å². The third-order valence-corrected chi connectivity index (χ3v) is 7.01. The van der Waals surface area contributed by atoms with E-state index in [1.54, 1.807) is 0 Å². The lowest BCUT2D eigenvalue weighted by atomic mass is 9.45. The summed E-state index contributed by atoms with van der Waals surface area (Å²) in [5.41, 5.74) is 2.93. The molecule has 0 aliphatic heterocycles. The number of hydrogen-bond acceptors (Lipinski definition) is 6. The number of nitrogens with one attached hydrogen (secondary N) is 2. The van der Waals surface area contributed by atoms with Gasteiger partial charge in [0.05, 0.1) is 11.9 Å². The first-order valence-corrected chi connectivity index (χ1v) is 9.81. The standard InChI is InChI=1S/C18H24ClN7O2/c1-10-12-4-11(18(12,2)3)5-13(10)23-14-6-22-26(17(28)16(14)19)7-15(27)24-25-8-20-21-9-25/h6,8-13,23H,4-5,7H2,1-3H3,(H,24,27)/t10-,11+,12-,13-/m1/s1. The number of amides is 1. The van der Waals surface area contributed by atoms with Crippen molar-refractivity contribution in [3.05, 3.63) is 34.2 Å². The molecule has 10 heteroatoms. The molecule has 9 nitrogen and oxygen atoms in total. The molecule has 2 bridgehead atoms. The van der Waals surface area contributed by atoms with Crippen molar-refractivity contribution in [2.45, 2.75) is 46.2 Å². The predicted octanol–water partition coefficient (Wildman–Crippen LogP) is 1.74. The van der Waals surface area contributed by atoms with Crippen LogP contribution in [0.1, 0.15) is 33.6 Å². The third kappa shape index (κ3) is 3.17. The van der Waals surface area contributed by atoms with E-state index in [9.17, 15) is 9.59 Å². The quantitative estimate of drug-likeness (QED) is 0.784. The number of carbonyl (C=O) groups is 1. The van der Waals surface area contributed by atoms with Gasteiger partial charge in [-0.1, -0.05) is 32.4 Å². The molecule has 3 fully saturated rings. The first kappa shape index (κ1) is 18.9. The lowest BCUT2D eigenvalue weighted by Gasteiger charge is -2.62. The van der Waals surface area contributed by atoms with Gasteiger partial charge in [0.1, 0.15) is 24.2 Å². The average Bonchev–Trinajstić information content (AvgIpc) is 3.15. The summed E-state index contributed by atoms with van der Waals surface area (Å²) in [4.78, 5) is 24.6. The summed E-state index contributed by atoms with van der Waals surface area (Å²) < 4.78 is 2.33. The Balaban J connectivity index is 1.45. The van der Waals surface area contributed by atoms with Gasteiger partial charge in [-0.05, 0) is 36.0 Å². The number of aromatic nitrogens is 5. The van der Waals surface area contributed by atoms with E-state index in [0.717, 1.165) is 11.1 Å². The highest BCUT2D eigenvalue weighted by Crippen LogP contribution is 2.61. The first-order chi connectivity index (χ1) is 13.3. The zero-order chi connectivity index (χ0) is 20.1. The van der Waals surface area contributed by atoms with Crippen molar-refractivity contribution < 1.29 is 4.79 Å². The SMILES string of the molecule is C[C@@H]1[C@H]2C[C@@H](C[C@H]1Nc1cnn(CC(=O)Nn3cnnc3)c(=O)c1Cl)C2(C)C. The van der Waals surface area contributed by atoms with Crippen molar-refractivity contribution in [3.8, 4) is 0 Å². The molecule has 3 aliphatic carbocycles. The molecule has 4 atom stereocenters. The van der Waals surface area contributed by atoms with Gasteiger partial charge >= 0.3 is 0 Å². The summed E-state index contributed by atoms with van der Waals surface area (Å²) >= 11 is 6.30. The van der Waals surface area contributed by atoms with E-state index in [2.05, 4.69) is 46.8 Å². The summed E-state index contributed by atoms with van der Waals surface area (Å²) in [6.07, 6.45) is 6.54. The second-order valence-corrected chi connectivity index (χ2v) is 8.82. The summed E-state index contributed by atoms with van der Waals surface area (Å²) in [5, 5.41) is 14.8. The van der Waals surface area contributed by atoms with Gasteiger partial charge in [-0.25, -0.2) is 9.36 Å². The molecule has 3 saturated carbocycles. The fraction of sp³-hybridized carbons (Fsp3) is 0.611. The second kappa shape index (κ2) is 6.88. The lowest BCUT2D eigenvalue weighted by molar-refractivity contribution is -0.117. The highest BCUT2D eigenvalue weighted by Gasteiger charge is 2.56. The predicted molar refractivity (Wildman–Crippen MR) is 104 cm³/mol. The summed E-state index contributed by atoms with van der Waals surface area (Å²) in [7, 11) is 0. The van der Waals surface area contributed by atoms with Crippen LogP contribution in [0.15, 0.2) is 23.6 Å². The Morgan fingerprint density at radius 1 is 1.32 bits per heavy atom. The summed E-state index contributed by atoms with van der Waals surface area (Å²) in [5.74, 6) is 1.43. The Kier molecular flexibility index (Phi) is 4.65. The molecule has 2 N–H and O–H groups in total. The fourth-order valence-corrected chi connectivity index (χ4v) is 4.99. The van der Waals surface area contributed by atoms with E-state index >= 15 is 0 Å². The van der Waals surface area contributed by atoms with Gasteiger partial charge in [0.25, 0.3) is 11.5 Å². The van der Waals surface area contributed by atoms with Crippen molar-refractivity contribution in [2.75, 3.05) is 10.7 Å². The highest BCUT2D eigenvalue weighted by atomic mass is 35.5. The van der Waals surface area contributed by atoms with E-state index < -0.39 is 11.5 Å². The normalized spacial score (nSPS) is 27.7. The fourth-order valence-electron chi connectivity index (χ4n) is 4.79. The number of nitrogens with zero attached hydrogens (tertiary/aromatic N) is 5. The van der Waals surface area contributed by atoms with E-state index in [1.165, 1.54) is 29.9 Å². The van der Waals surface area contributed by atoms with Crippen LogP contribution in [0.4, 0.5) is 5.69 Å². The molecule has 28 heavy (non-hydrogen) atoms. The molecule has 2 aromatic heterocycles. The minimum atomic E-state index is -0.500. The average molecular weight is 406 g/mol. The molecule has 0 radical (unpaired) electrons. The zero-order valence-electron chi connectivity index (χ0n) is 16.1. The van der Waals surface area contributed by atoms with Crippen LogP contribution >= 0.6 is 11.6 Å². The molecule has 3 aliphatic rings. The van der Waals surface area contributed by atoms with E-state index in [4.69, 9.17) is 11.6 Å². The Labute approximate surface area is 167 Å². The Morgan fingerprint density at radius 3 is 2.68 bits per heavy atom. The van der Waals surface area contributed by atoms with Gasteiger partial charge in [-0.3, -0.25) is 15.0 Å². The topological polar surface area (TPSA) is 107 Å². The lowest BCUT2D eigenvalue weighted by Crippen LogP contribution is -2.58. The minimum Gasteiger partial charge on any atom is -0.379 e. The van der Waals surface area contributed by atoms with Crippen LogP contribution in [0.25, 0.3) is 0 Å². The van der Waals surface area contributed by atoms with Crippen molar-refractivity contribution in [1.82, 2.24) is 24.7 Å². The van der Waals surface area contributed by atoms with Crippen LogP contribution in [-0.4, -0.2) is 36.6 Å². The van der Waals surface area contributed by atoms with E-state index in [-0.39, 0.29) is 17.6 Å². The molecule has 2 heterocycles. The van der Waals surface area contributed by atoms with Gasteiger partial charge in [-0.15, -0.1) is 10.2 Å². The number of hydrogen-bond donors (Lipinski definition) is 2. The Bertz CT molecular complexity index is 940. The van der Waals surface area contributed by atoms with Gasteiger partial charge in [0.15, 0.2) is 0 Å². The van der Waals surface area contributed by atoms with Crippen molar-refractivity contribution in [2.24, 2.45) is 23.2 Å². The van der Waals surface area contributed by atoms with Crippen LogP contribution in [0.2, 0.25) is 5.02 Å². The smallest absolute Gasteiger partial charge is 0.288 e. The number of carbonyl (C=O) groups excluding carboxylic acids is 1. The molecule has 2 aromatic rings. The second-order valence-electron chi connectivity index (χ2n) is 8.45. The zero-order valence-corrected chi connectivity index (χ0v) is 16.8. The van der Waals surface area contributed by atoms with E-state index in [1.807, 2.05) is 0 Å². The maximum absolute atomic E-state index is 12.5. The number of rotatable bonds is 5. The Morgan fingerprint density at radius 2 is 2.04 bits per heavy atom. The van der Waals surface area contributed by atoms with E-state index in [0.29, 0.717) is 28.9 Å². The molecule has 0 aromatic carbocycles. The van der Waals surface area contributed by atoms with Crippen molar-refractivity contribution in [1.29, 1.82) is 0 Å². The van der Waals surface area contributed by atoms with Crippen LogP contribution in [-0.2, 0) is 11.3 Å². The monoisotopic (exact) mass is 405 g/mol. The highest BCUT2D eigenvalue weighted by molar-refractivity contribution is 6.32. The largest absolute Gasteiger partial charge is 0.379 e. The molecule has 150 valence electrons. The van der Waals surface area contributed by atoms with Gasteiger partial charge < -0.3 is 5.32 Å². The number of anilines is 1. The maximum atomic E-state index is 12.5. The molecule has 0 unspecified atom stereocenters. The van der Waals surface area contributed by atoms with Crippen LogP contribution < -0.4 is 16.3 Å². The maximum Gasteiger partial charge on any atom is 0.288 e. The van der Waals surface area contributed by atoms with Crippen LogP contribution in [0, 0.1) is 23.2 Å². The molecular formula is C18H24ClN7O2. The number of fused-ring (bicyclic) bond motifs is 2.